The molecule has 1 aliphatic carbocycles. The molecule has 1 aliphatic rings. The summed E-state index contributed by atoms with van der Waals surface area (Å²) < 4.78 is 1.64. The summed E-state index contributed by atoms with van der Waals surface area (Å²) in [6.07, 6.45) is 6.22. The van der Waals surface area contributed by atoms with Crippen LogP contribution in [0.25, 0.3) is 5.13 Å². The zero-order valence-corrected chi connectivity index (χ0v) is 9.15. The first kappa shape index (κ1) is 9.53. The van der Waals surface area contributed by atoms with Crippen LogP contribution in [0.15, 0.2) is 17.8 Å². The van der Waals surface area contributed by atoms with Gasteiger partial charge in [-0.2, -0.15) is 5.10 Å². The van der Waals surface area contributed by atoms with Gasteiger partial charge in [0.25, 0.3) is 0 Å². The molecule has 0 aromatic carbocycles. The van der Waals surface area contributed by atoms with Gasteiger partial charge in [0, 0.05) is 11.6 Å². The van der Waals surface area contributed by atoms with Gasteiger partial charge in [0.05, 0.1) is 6.20 Å². The predicted molar refractivity (Wildman–Crippen MR) is 58.2 cm³/mol. The second-order valence-electron chi connectivity index (χ2n) is 3.81. The minimum Gasteiger partial charge on any atom is -0.476 e. The highest BCUT2D eigenvalue weighted by Crippen LogP contribution is 2.39. The Balaban J connectivity index is 1.91. The maximum absolute atomic E-state index is 10.7. The second-order valence-corrected chi connectivity index (χ2v) is 4.65. The SMILES string of the molecule is O=C(O)c1csc(-n2cc(C3CC3)cn2)n1. The number of aromatic nitrogens is 3. The number of carboxylic acid groups (broad SMARTS) is 1. The van der Waals surface area contributed by atoms with Crippen LogP contribution in [0, 0.1) is 0 Å². The van der Waals surface area contributed by atoms with E-state index in [4.69, 9.17) is 5.11 Å². The van der Waals surface area contributed by atoms with E-state index in [2.05, 4.69) is 10.1 Å². The maximum atomic E-state index is 10.7. The molecule has 0 atom stereocenters. The summed E-state index contributed by atoms with van der Waals surface area (Å²) >= 11 is 1.28. The fraction of sp³-hybridized carbons (Fsp3) is 0.300. The van der Waals surface area contributed by atoms with Crippen LogP contribution in [0.3, 0.4) is 0 Å². The van der Waals surface area contributed by atoms with Crippen LogP contribution in [0.5, 0.6) is 0 Å². The summed E-state index contributed by atoms with van der Waals surface area (Å²) in [6.45, 7) is 0. The minimum absolute atomic E-state index is 0.0727. The molecule has 3 rings (SSSR count). The number of hydrogen-bond donors (Lipinski definition) is 1. The number of carboxylic acids is 1. The lowest BCUT2D eigenvalue weighted by molar-refractivity contribution is 0.0691. The zero-order chi connectivity index (χ0) is 11.1. The highest BCUT2D eigenvalue weighted by Gasteiger charge is 2.25. The highest BCUT2D eigenvalue weighted by molar-refractivity contribution is 7.12. The van der Waals surface area contributed by atoms with E-state index in [0.717, 1.165) is 0 Å². The third-order valence-corrected chi connectivity index (χ3v) is 3.39. The van der Waals surface area contributed by atoms with Crippen molar-refractivity contribution in [3.8, 4) is 5.13 Å². The number of nitrogens with zero attached hydrogens (tertiary/aromatic N) is 3. The topological polar surface area (TPSA) is 68.0 Å². The van der Waals surface area contributed by atoms with Gasteiger partial charge < -0.3 is 5.11 Å². The van der Waals surface area contributed by atoms with Crippen LogP contribution in [0.1, 0.15) is 34.8 Å². The van der Waals surface area contributed by atoms with Gasteiger partial charge in [0.15, 0.2) is 5.69 Å². The van der Waals surface area contributed by atoms with Crippen molar-refractivity contribution in [3.63, 3.8) is 0 Å². The van der Waals surface area contributed by atoms with E-state index >= 15 is 0 Å². The minimum atomic E-state index is -1.00. The Kier molecular flexibility index (Phi) is 2.03. The third-order valence-electron chi connectivity index (χ3n) is 2.56. The lowest BCUT2D eigenvalue weighted by atomic mass is 10.2. The number of carbonyl (C=O) groups is 1. The Labute approximate surface area is 95.4 Å². The Morgan fingerprint density at radius 1 is 1.56 bits per heavy atom. The van der Waals surface area contributed by atoms with E-state index in [1.54, 1.807) is 4.68 Å². The van der Waals surface area contributed by atoms with Crippen molar-refractivity contribution in [2.45, 2.75) is 18.8 Å². The molecule has 0 saturated heterocycles. The fourth-order valence-electron chi connectivity index (χ4n) is 1.54. The lowest BCUT2D eigenvalue weighted by Gasteiger charge is -1.92. The van der Waals surface area contributed by atoms with Crippen molar-refractivity contribution < 1.29 is 9.90 Å². The summed E-state index contributed by atoms with van der Waals surface area (Å²) in [5.41, 5.74) is 1.29. The van der Waals surface area contributed by atoms with Crippen LogP contribution in [-0.4, -0.2) is 25.8 Å². The summed E-state index contributed by atoms with van der Waals surface area (Å²) in [6, 6.07) is 0. The number of thiazole rings is 1. The van der Waals surface area contributed by atoms with E-state index < -0.39 is 5.97 Å². The van der Waals surface area contributed by atoms with Crippen LogP contribution < -0.4 is 0 Å². The molecule has 0 unspecified atom stereocenters. The molecular weight excluding hydrogens is 226 g/mol. The molecule has 5 nitrogen and oxygen atoms in total. The monoisotopic (exact) mass is 235 g/mol. The van der Waals surface area contributed by atoms with Gasteiger partial charge in [-0.3, -0.25) is 0 Å². The molecule has 1 N–H and O–H groups in total. The van der Waals surface area contributed by atoms with Gasteiger partial charge in [0.2, 0.25) is 5.13 Å². The van der Waals surface area contributed by atoms with Crippen molar-refractivity contribution >= 4 is 17.3 Å². The zero-order valence-electron chi connectivity index (χ0n) is 8.33. The van der Waals surface area contributed by atoms with E-state index in [1.807, 2.05) is 12.4 Å². The Bertz CT molecular complexity index is 542. The second kappa shape index (κ2) is 3.41. The molecule has 1 saturated carbocycles. The normalized spacial score (nSPS) is 15.2. The molecule has 2 aromatic heterocycles. The van der Waals surface area contributed by atoms with Crippen LogP contribution >= 0.6 is 11.3 Å². The first-order chi connectivity index (χ1) is 7.74. The maximum Gasteiger partial charge on any atom is 0.355 e. The Morgan fingerprint density at radius 2 is 2.38 bits per heavy atom. The smallest absolute Gasteiger partial charge is 0.355 e. The molecule has 82 valence electrons. The average Bonchev–Trinajstić information content (AvgIpc) is 2.83. The van der Waals surface area contributed by atoms with Gasteiger partial charge in [-0.05, 0) is 24.3 Å². The molecule has 2 aromatic rings. The largest absolute Gasteiger partial charge is 0.476 e. The predicted octanol–water partition coefficient (Wildman–Crippen LogP) is 1.90. The van der Waals surface area contributed by atoms with E-state index in [1.165, 1.54) is 35.1 Å². The van der Waals surface area contributed by atoms with Crippen molar-refractivity contribution in [1.82, 2.24) is 14.8 Å². The van der Waals surface area contributed by atoms with Gasteiger partial charge >= 0.3 is 5.97 Å². The molecule has 0 amide bonds. The van der Waals surface area contributed by atoms with Crippen LogP contribution in [0.4, 0.5) is 0 Å². The highest BCUT2D eigenvalue weighted by atomic mass is 32.1. The van der Waals surface area contributed by atoms with Gasteiger partial charge in [-0.15, -0.1) is 11.3 Å². The van der Waals surface area contributed by atoms with E-state index in [0.29, 0.717) is 11.0 Å². The standard InChI is InChI=1S/C10H9N3O2S/c14-9(15)8-5-16-10(12-8)13-4-7(3-11-13)6-1-2-6/h3-6H,1-2H2,(H,14,15). The number of hydrogen-bond acceptors (Lipinski definition) is 4. The molecule has 0 radical (unpaired) electrons. The van der Waals surface area contributed by atoms with Crippen LogP contribution in [-0.2, 0) is 0 Å². The Hall–Kier alpha value is -1.69. The number of rotatable bonds is 3. The first-order valence-corrected chi connectivity index (χ1v) is 5.86. The fourth-order valence-corrected chi connectivity index (χ4v) is 2.27. The molecule has 1 fully saturated rings. The van der Waals surface area contributed by atoms with Gasteiger partial charge in [0.1, 0.15) is 0 Å². The molecular formula is C10H9N3O2S. The Morgan fingerprint density at radius 3 is 3.00 bits per heavy atom. The van der Waals surface area contributed by atoms with Gasteiger partial charge in [-0.25, -0.2) is 14.5 Å². The lowest BCUT2D eigenvalue weighted by Crippen LogP contribution is -1.98. The number of aromatic carboxylic acids is 1. The molecule has 16 heavy (non-hydrogen) atoms. The van der Waals surface area contributed by atoms with Crippen molar-refractivity contribution in [1.29, 1.82) is 0 Å². The van der Waals surface area contributed by atoms with E-state index in [9.17, 15) is 4.79 Å². The summed E-state index contributed by atoms with van der Waals surface area (Å²) in [4.78, 5) is 14.7. The van der Waals surface area contributed by atoms with Crippen LogP contribution in [0.2, 0.25) is 0 Å². The van der Waals surface area contributed by atoms with E-state index in [-0.39, 0.29) is 5.69 Å². The van der Waals surface area contributed by atoms with Crippen molar-refractivity contribution in [2.24, 2.45) is 0 Å². The molecule has 0 spiro atoms. The van der Waals surface area contributed by atoms with Crippen molar-refractivity contribution in [3.05, 3.63) is 29.0 Å². The molecule has 6 heteroatoms. The quantitative estimate of drug-likeness (QED) is 0.882. The summed E-state index contributed by atoms with van der Waals surface area (Å²) in [5, 5.41) is 15.1. The average molecular weight is 235 g/mol. The van der Waals surface area contributed by atoms with Crippen molar-refractivity contribution in [2.75, 3.05) is 0 Å². The first-order valence-electron chi connectivity index (χ1n) is 4.98. The molecule has 0 bridgehead atoms. The molecule has 0 aliphatic heterocycles. The summed E-state index contributed by atoms with van der Waals surface area (Å²) in [5.74, 6) is -0.357. The summed E-state index contributed by atoms with van der Waals surface area (Å²) in [7, 11) is 0. The van der Waals surface area contributed by atoms with Gasteiger partial charge in [-0.1, -0.05) is 0 Å². The third kappa shape index (κ3) is 1.61. The molecule has 2 heterocycles.